The standard InChI is InChI=1S/C19H37NO3/c1-6-7-8-9-10-11-12-15-22-19(5)13-14-20(16-19)17(21)23-18(2,3)4/h6-16H2,1-5H3. The van der Waals surface area contributed by atoms with Crippen molar-refractivity contribution in [3.05, 3.63) is 0 Å². The Morgan fingerprint density at radius 3 is 2.30 bits per heavy atom. The minimum Gasteiger partial charge on any atom is -0.444 e. The first kappa shape index (κ1) is 20.3. The summed E-state index contributed by atoms with van der Waals surface area (Å²) in [7, 11) is 0. The maximum Gasteiger partial charge on any atom is 0.410 e. The van der Waals surface area contributed by atoms with Crippen LogP contribution in [-0.4, -0.2) is 41.9 Å². The molecule has 1 rings (SSSR count). The molecule has 0 saturated carbocycles. The maximum atomic E-state index is 12.1. The third kappa shape index (κ3) is 8.59. The third-order valence-electron chi connectivity index (χ3n) is 4.29. The van der Waals surface area contributed by atoms with E-state index in [0.717, 1.165) is 26.0 Å². The molecule has 0 aromatic rings. The lowest BCUT2D eigenvalue weighted by atomic mass is 10.1. The number of nitrogens with zero attached hydrogens (tertiary/aromatic N) is 1. The molecule has 0 radical (unpaired) electrons. The van der Waals surface area contributed by atoms with Gasteiger partial charge in [-0.3, -0.25) is 0 Å². The molecule has 0 spiro atoms. The molecule has 4 nitrogen and oxygen atoms in total. The molecule has 1 aliphatic rings. The zero-order chi connectivity index (χ0) is 17.3. The average Bonchev–Trinajstić information content (AvgIpc) is 2.83. The summed E-state index contributed by atoms with van der Waals surface area (Å²) in [5, 5.41) is 0. The molecule has 1 amide bonds. The van der Waals surface area contributed by atoms with Crippen molar-refractivity contribution in [1.82, 2.24) is 4.90 Å². The second-order valence-corrected chi connectivity index (χ2v) is 8.07. The van der Waals surface area contributed by atoms with Crippen molar-refractivity contribution in [2.45, 2.75) is 97.2 Å². The Balaban J connectivity index is 2.16. The molecule has 1 aliphatic heterocycles. The lowest BCUT2D eigenvalue weighted by molar-refractivity contribution is -0.0286. The van der Waals surface area contributed by atoms with Crippen LogP contribution in [0.4, 0.5) is 4.79 Å². The number of carbonyl (C=O) groups is 1. The Labute approximate surface area is 142 Å². The van der Waals surface area contributed by atoms with E-state index in [1.807, 2.05) is 20.8 Å². The molecule has 0 N–H and O–H groups in total. The van der Waals surface area contributed by atoms with Crippen molar-refractivity contribution in [2.24, 2.45) is 0 Å². The summed E-state index contributed by atoms with van der Waals surface area (Å²) < 4.78 is 11.5. The van der Waals surface area contributed by atoms with Crippen LogP contribution in [0.2, 0.25) is 0 Å². The fourth-order valence-electron chi connectivity index (χ4n) is 2.91. The molecule has 4 heteroatoms. The zero-order valence-corrected chi connectivity index (χ0v) is 16.0. The van der Waals surface area contributed by atoms with E-state index in [1.165, 1.54) is 38.5 Å². The number of unbranched alkanes of at least 4 members (excludes halogenated alkanes) is 6. The molecule has 23 heavy (non-hydrogen) atoms. The molecule has 0 aromatic heterocycles. The van der Waals surface area contributed by atoms with Gasteiger partial charge >= 0.3 is 6.09 Å². The predicted molar refractivity (Wildman–Crippen MR) is 94.8 cm³/mol. The number of likely N-dealkylation sites (tertiary alicyclic amines) is 1. The van der Waals surface area contributed by atoms with Gasteiger partial charge in [0, 0.05) is 13.2 Å². The van der Waals surface area contributed by atoms with Gasteiger partial charge in [0.2, 0.25) is 0 Å². The number of hydrogen-bond donors (Lipinski definition) is 0. The Hall–Kier alpha value is -0.770. The van der Waals surface area contributed by atoms with Crippen molar-refractivity contribution in [3.63, 3.8) is 0 Å². The minimum atomic E-state index is -0.436. The molecule has 1 fully saturated rings. The maximum absolute atomic E-state index is 12.1. The zero-order valence-electron chi connectivity index (χ0n) is 16.0. The smallest absolute Gasteiger partial charge is 0.410 e. The van der Waals surface area contributed by atoms with E-state index in [4.69, 9.17) is 9.47 Å². The summed E-state index contributed by atoms with van der Waals surface area (Å²) in [5.41, 5.74) is -0.645. The van der Waals surface area contributed by atoms with Crippen LogP contribution in [0.5, 0.6) is 0 Å². The molecule has 1 saturated heterocycles. The van der Waals surface area contributed by atoms with Gasteiger partial charge in [-0.25, -0.2) is 4.79 Å². The summed E-state index contributed by atoms with van der Waals surface area (Å²) in [6.45, 7) is 12.2. The van der Waals surface area contributed by atoms with Gasteiger partial charge in [-0.15, -0.1) is 0 Å². The van der Waals surface area contributed by atoms with Gasteiger partial charge in [0.25, 0.3) is 0 Å². The average molecular weight is 328 g/mol. The Bertz CT molecular complexity index is 351. The van der Waals surface area contributed by atoms with Crippen LogP contribution in [0.15, 0.2) is 0 Å². The third-order valence-corrected chi connectivity index (χ3v) is 4.29. The van der Waals surface area contributed by atoms with Crippen molar-refractivity contribution >= 4 is 6.09 Å². The van der Waals surface area contributed by atoms with Crippen LogP contribution in [0.25, 0.3) is 0 Å². The Morgan fingerprint density at radius 2 is 1.70 bits per heavy atom. The molecule has 1 heterocycles. The Morgan fingerprint density at radius 1 is 1.09 bits per heavy atom. The lowest BCUT2D eigenvalue weighted by Gasteiger charge is -2.27. The summed E-state index contributed by atoms with van der Waals surface area (Å²) in [4.78, 5) is 13.9. The fraction of sp³-hybridized carbons (Fsp3) is 0.947. The van der Waals surface area contributed by atoms with Crippen LogP contribution in [0, 0.1) is 0 Å². The monoisotopic (exact) mass is 327 g/mol. The molecule has 1 unspecified atom stereocenters. The van der Waals surface area contributed by atoms with E-state index in [1.54, 1.807) is 4.90 Å². The number of ether oxygens (including phenoxy) is 2. The number of hydrogen-bond acceptors (Lipinski definition) is 3. The summed E-state index contributed by atoms with van der Waals surface area (Å²) in [6, 6.07) is 0. The minimum absolute atomic E-state index is 0.209. The highest BCUT2D eigenvalue weighted by molar-refractivity contribution is 5.68. The first-order valence-corrected chi connectivity index (χ1v) is 9.38. The van der Waals surface area contributed by atoms with E-state index in [-0.39, 0.29) is 11.7 Å². The molecular formula is C19H37NO3. The van der Waals surface area contributed by atoms with Crippen LogP contribution < -0.4 is 0 Å². The summed E-state index contributed by atoms with van der Waals surface area (Å²) >= 11 is 0. The SMILES string of the molecule is CCCCCCCCCOC1(C)CCN(C(=O)OC(C)(C)C)C1. The van der Waals surface area contributed by atoms with Crippen LogP contribution in [-0.2, 0) is 9.47 Å². The highest BCUT2D eigenvalue weighted by atomic mass is 16.6. The van der Waals surface area contributed by atoms with Gasteiger partial charge in [0.15, 0.2) is 0 Å². The molecule has 0 aromatic carbocycles. The first-order chi connectivity index (χ1) is 10.8. The molecule has 1 atom stereocenters. The molecule has 136 valence electrons. The van der Waals surface area contributed by atoms with Crippen molar-refractivity contribution in [2.75, 3.05) is 19.7 Å². The molecule has 0 aliphatic carbocycles. The van der Waals surface area contributed by atoms with Crippen LogP contribution in [0.1, 0.15) is 86.0 Å². The van der Waals surface area contributed by atoms with Gasteiger partial charge < -0.3 is 14.4 Å². The van der Waals surface area contributed by atoms with Crippen LogP contribution in [0.3, 0.4) is 0 Å². The molecular weight excluding hydrogens is 290 g/mol. The fourth-order valence-corrected chi connectivity index (χ4v) is 2.91. The van der Waals surface area contributed by atoms with Gasteiger partial charge in [-0.1, -0.05) is 45.4 Å². The second-order valence-electron chi connectivity index (χ2n) is 8.07. The van der Waals surface area contributed by atoms with Gasteiger partial charge in [0.05, 0.1) is 12.1 Å². The van der Waals surface area contributed by atoms with Gasteiger partial charge in [0.1, 0.15) is 5.60 Å². The summed E-state index contributed by atoms with van der Waals surface area (Å²) in [6.07, 6.45) is 9.71. The number of amides is 1. The van der Waals surface area contributed by atoms with E-state index >= 15 is 0 Å². The number of carbonyl (C=O) groups excluding carboxylic acids is 1. The highest BCUT2D eigenvalue weighted by Gasteiger charge is 2.38. The van der Waals surface area contributed by atoms with Gasteiger partial charge in [-0.2, -0.15) is 0 Å². The largest absolute Gasteiger partial charge is 0.444 e. The quantitative estimate of drug-likeness (QED) is 0.549. The normalized spacial score (nSPS) is 21.7. The lowest BCUT2D eigenvalue weighted by Crippen LogP contribution is -2.39. The van der Waals surface area contributed by atoms with Gasteiger partial charge in [-0.05, 0) is 40.5 Å². The van der Waals surface area contributed by atoms with Crippen molar-refractivity contribution < 1.29 is 14.3 Å². The second kappa shape index (κ2) is 9.51. The van der Waals surface area contributed by atoms with Crippen LogP contribution >= 0.6 is 0 Å². The summed E-state index contributed by atoms with van der Waals surface area (Å²) in [5.74, 6) is 0. The predicted octanol–water partition coefficient (Wildman–Crippen LogP) is 5.15. The van der Waals surface area contributed by atoms with Crippen molar-refractivity contribution in [1.29, 1.82) is 0 Å². The van der Waals surface area contributed by atoms with E-state index in [0.29, 0.717) is 6.54 Å². The van der Waals surface area contributed by atoms with E-state index < -0.39 is 5.60 Å². The first-order valence-electron chi connectivity index (χ1n) is 9.38. The Kier molecular flexibility index (Phi) is 8.38. The highest BCUT2D eigenvalue weighted by Crippen LogP contribution is 2.26. The molecule has 0 bridgehead atoms. The van der Waals surface area contributed by atoms with Crippen molar-refractivity contribution in [3.8, 4) is 0 Å². The van der Waals surface area contributed by atoms with E-state index in [2.05, 4.69) is 13.8 Å². The number of rotatable bonds is 9. The topological polar surface area (TPSA) is 38.8 Å². The van der Waals surface area contributed by atoms with E-state index in [9.17, 15) is 4.79 Å².